The third kappa shape index (κ3) is 10.8. The van der Waals surface area contributed by atoms with E-state index in [1.807, 2.05) is 0 Å². The molecular weight excluding hydrogens is 1180 g/mol. The molecule has 0 radical (unpaired) electrons. The number of amides is 2. The van der Waals surface area contributed by atoms with Gasteiger partial charge in [0.1, 0.15) is 5.69 Å². The Morgan fingerprint density at radius 3 is 1.59 bits per heavy atom. The maximum atomic E-state index is 12.9. The van der Waals surface area contributed by atoms with Crippen LogP contribution in [0.5, 0.6) is 11.8 Å². The van der Waals surface area contributed by atoms with Crippen LogP contribution in [-0.2, 0) is 84.5 Å². The summed E-state index contributed by atoms with van der Waals surface area (Å²) in [7, 11) is -7.85. The molecule has 4 aromatic rings. The monoisotopic (exact) mass is 1230 g/mol. The first kappa shape index (κ1) is 48.8. The fourth-order valence-corrected chi connectivity index (χ4v) is 11.3. The van der Waals surface area contributed by atoms with Crippen molar-refractivity contribution in [3.63, 3.8) is 0 Å². The third-order valence-electron chi connectivity index (χ3n) is 11.6. The van der Waals surface area contributed by atoms with Gasteiger partial charge in [-0.1, -0.05) is 12.1 Å². The molecule has 2 amide bonds. The van der Waals surface area contributed by atoms with Crippen molar-refractivity contribution in [2.45, 2.75) is 127 Å². The second-order valence-corrected chi connectivity index (χ2v) is 34.8. The quantitative estimate of drug-likeness (QED) is 0.147. The second-order valence-electron chi connectivity index (χ2n) is 15.5. The maximum absolute atomic E-state index is 12.9. The molecule has 4 N–H and O–H groups in total. The van der Waals surface area contributed by atoms with Crippen molar-refractivity contribution in [2.24, 2.45) is 10.3 Å². The van der Waals surface area contributed by atoms with Crippen molar-refractivity contribution in [2.75, 3.05) is 18.5 Å². The van der Waals surface area contributed by atoms with E-state index in [2.05, 4.69) is 74.8 Å². The molecule has 16 nitrogen and oxygen atoms in total. The van der Waals surface area contributed by atoms with E-state index >= 15 is 0 Å². The average molecular weight is 1230 g/mol. The average Bonchev–Trinajstić information content (AvgIpc) is 4.05. The van der Waals surface area contributed by atoms with E-state index in [0.717, 1.165) is 99.6 Å². The first-order valence-electron chi connectivity index (χ1n) is 20.1. The van der Waals surface area contributed by atoms with Crippen molar-refractivity contribution in [1.82, 2.24) is 24.3 Å². The molecule has 2 aromatic heterocycles. The van der Waals surface area contributed by atoms with Gasteiger partial charge >= 0.3 is 86.1 Å². The molecule has 0 unspecified atom stereocenters. The summed E-state index contributed by atoms with van der Waals surface area (Å²) in [5, 5.41) is 19.5. The SMILES string of the molecule is Cc1nn2c(c1S(=O)(=O)NC(=O)Nc1c3c(cc4c1CCC4)CCC3)OCCC2.Cc1nn2c(c1S(N)(=O)=O)OCCC2.I[I-]I.O=Nc1c2c(cc3c1CCC3)CCC2.[H-].[Na+]. The fraction of sp³-hybridized carbons (Fsp3) is 0.513. The van der Waals surface area contributed by atoms with Crippen LogP contribution < -0.4 is 67.5 Å². The van der Waals surface area contributed by atoms with Crippen LogP contribution in [-0.4, -0.2) is 55.6 Å². The zero-order valence-corrected chi connectivity index (χ0v) is 44.5. The van der Waals surface area contributed by atoms with Crippen LogP contribution in [0.15, 0.2) is 27.1 Å². The van der Waals surface area contributed by atoms with E-state index in [1.165, 1.54) is 46.2 Å². The summed E-state index contributed by atoms with van der Waals surface area (Å²) in [6, 6.07) is 3.85. The molecule has 0 atom stereocenters. The number of rotatable bonds is 5. The van der Waals surface area contributed by atoms with Crippen molar-refractivity contribution < 1.29 is 75.3 Å². The van der Waals surface area contributed by atoms with Gasteiger partial charge in [0.2, 0.25) is 21.8 Å². The van der Waals surface area contributed by atoms with Crippen molar-refractivity contribution >= 4 is 74.7 Å². The Kier molecular flexibility index (Phi) is 16.9. The number of aryl methyl sites for hydroxylation is 8. The van der Waals surface area contributed by atoms with Gasteiger partial charge in [0.25, 0.3) is 10.0 Å². The molecule has 0 spiro atoms. The number of sulfonamides is 2. The Morgan fingerprint density at radius 1 is 0.738 bits per heavy atom. The van der Waals surface area contributed by atoms with E-state index in [1.54, 1.807) is 23.2 Å². The summed E-state index contributed by atoms with van der Waals surface area (Å²) in [5.41, 5.74) is 12.5. The van der Waals surface area contributed by atoms with Crippen LogP contribution in [0.4, 0.5) is 16.2 Å². The Balaban J connectivity index is 0.000000185. The van der Waals surface area contributed by atoms with E-state index in [4.69, 9.17) is 14.6 Å². The number of carbonyl (C=O) groups excluding carboxylic acids is 1. The summed E-state index contributed by atoms with van der Waals surface area (Å²) in [6.45, 7) is 5.42. The zero-order valence-electron chi connectivity index (χ0n) is 35.4. The topological polar surface area (TPSA) is 219 Å². The number of nitroso groups, excluding NO2 is 1. The number of halogens is 3. The molecule has 0 fully saturated rings. The number of hydrogen-bond acceptors (Lipinski definition) is 11. The van der Waals surface area contributed by atoms with E-state index in [9.17, 15) is 26.5 Å². The normalized spacial score (nSPS) is 16.4. The number of fused-ring (bicyclic) bond motifs is 6. The third-order valence-corrected chi connectivity index (χ3v) is 14.1. The van der Waals surface area contributed by atoms with E-state index < -0.39 is 26.1 Å². The van der Waals surface area contributed by atoms with Gasteiger partial charge in [-0.3, -0.25) is 0 Å². The number of ether oxygens (including phenoxy) is 2. The van der Waals surface area contributed by atoms with Crippen molar-refractivity contribution in [1.29, 1.82) is 0 Å². The van der Waals surface area contributed by atoms with Gasteiger partial charge in [-0.25, -0.2) is 40.9 Å². The largest absolute Gasteiger partial charge is 1.00 e. The molecule has 328 valence electrons. The van der Waals surface area contributed by atoms with Crippen LogP contribution in [0, 0.1) is 18.8 Å². The second kappa shape index (κ2) is 21.1. The predicted octanol–water partition coefficient (Wildman–Crippen LogP) is 1.04. The number of nitrogens with two attached hydrogens (primary N) is 1. The number of hydrogen-bond donors (Lipinski definition) is 3. The number of primary sulfonamides is 1. The summed E-state index contributed by atoms with van der Waals surface area (Å²) >= 11 is 5.30. The van der Waals surface area contributed by atoms with Gasteiger partial charge in [0.15, 0.2) is 9.79 Å². The molecule has 10 rings (SSSR count). The summed E-state index contributed by atoms with van der Waals surface area (Å²) in [5.74, 6) is 0.479. The first-order valence-corrected chi connectivity index (χ1v) is 35.7. The van der Waals surface area contributed by atoms with Crippen LogP contribution in [0.25, 0.3) is 0 Å². The summed E-state index contributed by atoms with van der Waals surface area (Å²) in [4.78, 5) is 23.6. The van der Waals surface area contributed by atoms with Crippen LogP contribution in [0.3, 0.4) is 0 Å². The Labute approximate surface area is 409 Å². The van der Waals surface area contributed by atoms with Crippen LogP contribution in [0.2, 0.25) is 0 Å². The predicted molar refractivity (Wildman–Crippen MR) is 240 cm³/mol. The molecule has 0 saturated carbocycles. The minimum absolute atomic E-state index is 0. The molecule has 2 aliphatic heterocycles. The molecule has 4 heterocycles. The summed E-state index contributed by atoms with van der Waals surface area (Å²) in [6.07, 6.45) is 14.4. The number of aromatic nitrogens is 4. The number of nitrogens with one attached hydrogen (secondary N) is 2. The van der Waals surface area contributed by atoms with Gasteiger partial charge in [-0.15, -0.1) is 4.91 Å². The molecule has 6 aliphatic rings. The number of anilines is 1. The van der Waals surface area contributed by atoms with Gasteiger partial charge in [-0.2, -0.15) is 10.2 Å². The van der Waals surface area contributed by atoms with Crippen LogP contribution >= 0.6 is 37.2 Å². The number of benzene rings is 2. The Hall–Kier alpha value is -1.62. The Bertz CT molecular complexity index is 2490. The molecule has 4 aliphatic carbocycles. The molecule has 22 heteroatoms. The summed E-state index contributed by atoms with van der Waals surface area (Å²) < 4.78 is 64.4. The molecule has 0 saturated heterocycles. The minimum atomic E-state index is -4.11. The number of nitrogens with zero attached hydrogens (tertiary/aromatic N) is 5. The minimum Gasteiger partial charge on any atom is -1.00 e. The smallest absolute Gasteiger partial charge is 1.00 e. The number of carbonyl (C=O) groups is 1. The molecule has 0 bridgehead atoms. The molecular formula is C39H49I3N8NaO8S2-. The first-order chi connectivity index (χ1) is 28.7. The van der Waals surface area contributed by atoms with Crippen LogP contribution in [0.1, 0.15) is 95.8 Å². The van der Waals surface area contributed by atoms with Gasteiger partial charge < -0.3 is 16.2 Å². The van der Waals surface area contributed by atoms with Gasteiger partial charge in [-0.05, 0) is 141 Å². The fourth-order valence-electron chi connectivity index (χ4n) is 9.25. The standard InChI is InChI=1S/C20H24N4O4S.C12H13NO.C7H11N3O3S.I3.Na.H/c1-12-18(19-24(22-12)9-4-10-28-19)29(26,27)23-20(25)21-17-15-7-2-5-13(15)11-14-6-3-8-16(14)17;14-13-12-10-5-1-3-8(10)7-9-4-2-6-11(9)12;1-5-6(14(8,11)12)7-10(9-5)3-2-4-13-7;1-3-2;;/h11H,2-10H2,1H3,(H2,21,23,25);7H,1-6H2;2-4H2,1H3,(H2,8,11,12);;;/q;;;-1;+1;-1. The van der Waals surface area contributed by atoms with Crippen molar-refractivity contribution in [3.05, 3.63) is 72.9 Å². The molecule has 2 aromatic carbocycles. The maximum Gasteiger partial charge on any atom is 1.00 e. The molecule has 61 heavy (non-hydrogen) atoms. The van der Waals surface area contributed by atoms with E-state index in [0.29, 0.717) is 50.9 Å². The Morgan fingerprint density at radius 2 is 1.15 bits per heavy atom. The zero-order chi connectivity index (χ0) is 42.8. The van der Waals surface area contributed by atoms with Gasteiger partial charge in [0, 0.05) is 31.6 Å². The number of urea groups is 1. The van der Waals surface area contributed by atoms with Crippen molar-refractivity contribution in [3.8, 4) is 11.8 Å². The van der Waals surface area contributed by atoms with Gasteiger partial charge in [0.05, 0.1) is 24.6 Å². The van der Waals surface area contributed by atoms with E-state index in [-0.39, 0.29) is 52.5 Å².